The van der Waals surface area contributed by atoms with E-state index in [1.54, 1.807) is 0 Å². The van der Waals surface area contributed by atoms with Gasteiger partial charge in [-0.15, -0.1) is 0 Å². The summed E-state index contributed by atoms with van der Waals surface area (Å²) in [6.45, 7) is 4.45. The molecule has 14 aromatic rings. The normalized spacial score (nSPS) is 12.0. The minimum atomic E-state index is 0.908. The van der Waals surface area contributed by atoms with E-state index in [-0.39, 0.29) is 0 Å². The van der Waals surface area contributed by atoms with Gasteiger partial charge in [-0.3, -0.25) is 9.13 Å². The molecule has 68 heavy (non-hydrogen) atoms. The molecule has 4 heteroatoms. The molecular formula is C64H42N4. The highest BCUT2D eigenvalue weighted by molar-refractivity contribution is 6.26. The highest BCUT2D eigenvalue weighted by atomic mass is 15.1. The average molecular weight is 867 g/mol. The maximum atomic E-state index is 5.69. The molecule has 318 valence electrons. The summed E-state index contributed by atoms with van der Waals surface area (Å²) in [7, 11) is 0. The molecule has 0 spiro atoms. The molecule has 0 unspecified atom stereocenters. The van der Waals surface area contributed by atoms with E-state index in [4.69, 9.17) is 9.97 Å². The van der Waals surface area contributed by atoms with Crippen molar-refractivity contribution in [1.82, 2.24) is 19.1 Å². The topological polar surface area (TPSA) is 35.6 Å². The summed E-state index contributed by atoms with van der Waals surface area (Å²) in [5, 5.41) is 14.3. The molecule has 0 N–H and O–H groups in total. The first-order valence-electron chi connectivity index (χ1n) is 23.4. The second-order valence-corrected chi connectivity index (χ2v) is 18.2. The fourth-order valence-electron chi connectivity index (χ4n) is 11.2. The molecule has 14 rings (SSSR count). The molecule has 0 saturated carbocycles. The molecule has 0 radical (unpaired) electrons. The number of aromatic nitrogens is 4. The van der Waals surface area contributed by atoms with Crippen LogP contribution in [-0.2, 0) is 0 Å². The third-order valence-electron chi connectivity index (χ3n) is 14.3. The van der Waals surface area contributed by atoms with Crippen molar-refractivity contribution in [3.63, 3.8) is 0 Å². The predicted octanol–water partition coefficient (Wildman–Crippen LogP) is 16.9. The van der Waals surface area contributed by atoms with E-state index in [9.17, 15) is 0 Å². The van der Waals surface area contributed by atoms with Gasteiger partial charge in [0, 0.05) is 43.4 Å². The van der Waals surface area contributed by atoms with Crippen molar-refractivity contribution in [2.45, 2.75) is 13.8 Å². The summed E-state index contributed by atoms with van der Waals surface area (Å²) < 4.78 is 4.89. The maximum Gasteiger partial charge on any atom is 0.145 e. The molecule has 0 amide bonds. The lowest BCUT2D eigenvalue weighted by atomic mass is 9.98. The summed E-state index contributed by atoms with van der Waals surface area (Å²) >= 11 is 0. The van der Waals surface area contributed by atoms with Crippen LogP contribution in [0.1, 0.15) is 11.1 Å². The van der Waals surface area contributed by atoms with Crippen LogP contribution in [0.5, 0.6) is 0 Å². The molecule has 12 aromatic carbocycles. The van der Waals surface area contributed by atoms with Gasteiger partial charge in [-0.25, -0.2) is 9.97 Å². The Kier molecular flexibility index (Phi) is 8.38. The second-order valence-electron chi connectivity index (χ2n) is 18.2. The molecule has 0 bridgehead atoms. The monoisotopic (exact) mass is 866 g/mol. The van der Waals surface area contributed by atoms with Crippen LogP contribution >= 0.6 is 0 Å². The van der Waals surface area contributed by atoms with E-state index < -0.39 is 0 Å². The van der Waals surface area contributed by atoms with E-state index in [0.29, 0.717) is 0 Å². The molecule has 0 saturated heterocycles. The fraction of sp³-hybridized carbons (Fsp3) is 0.0312. The van der Waals surface area contributed by atoms with Crippen LogP contribution in [0.3, 0.4) is 0 Å². The third kappa shape index (κ3) is 5.61. The van der Waals surface area contributed by atoms with E-state index in [1.807, 2.05) is 0 Å². The number of rotatable bonds is 5. The molecule has 0 aliphatic rings. The SMILES string of the molecule is Cc1ccc2ccccc2c1-n1c(-c2cccc(-c3cccc(-c4nc5c6ccccc6c6ccccc6c5n4-c4c(C)ccc5ccccc45)c3)c2)nc2c3ccccc3c3ccccc3c21. The quantitative estimate of drug-likeness (QED) is 0.162. The highest BCUT2D eigenvalue weighted by Crippen LogP contribution is 2.44. The third-order valence-corrected chi connectivity index (χ3v) is 14.3. The summed E-state index contributed by atoms with van der Waals surface area (Å²) in [6.07, 6.45) is 0. The van der Waals surface area contributed by atoms with Crippen LogP contribution in [0.25, 0.3) is 132 Å². The van der Waals surface area contributed by atoms with Gasteiger partial charge >= 0.3 is 0 Å². The molecule has 4 nitrogen and oxygen atoms in total. The van der Waals surface area contributed by atoms with Crippen LogP contribution in [0.4, 0.5) is 0 Å². The van der Waals surface area contributed by atoms with Gasteiger partial charge in [-0.2, -0.15) is 0 Å². The van der Waals surface area contributed by atoms with Crippen molar-refractivity contribution in [2.75, 3.05) is 0 Å². The fourth-order valence-corrected chi connectivity index (χ4v) is 11.2. The number of imidazole rings is 2. The first-order chi connectivity index (χ1) is 33.6. The van der Waals surface area contributed by atoms with Crippen LogP contribution in [0.2, 0.25) is 0 Å². The van der Waals surface area contributed by atoms with Gasteiger partial charge in [0.15, 0.2) is 0 Å². The number of hydrogen-bond acceptors (Lipinski definition) is 2. The van der Waals surface area contributed by atoms with Gasteiger partial charge in [0.05, 0.1) is 33.4 Å². The molecule has 2 aromatic heterocycles. The Morgan fingerprint density at radius 3 is 1.01 bits per heavy atom. The molecule has 2 heterocycles. The van der Waals surface area contributed by atoms with Crippen molar-refractivity contribution in [3.05, 3.63) is 230 Å². The van der Waals surface area contributed by atoms with Crippen LogP contribution in [0, 0.1) is 13.8 Å². The molecule has 0 atom stereocenters. The Morgan fingerprint density at radius 2 is 0.603 bits per heavy atom. The highest BCUT2D eigenvalue weighted by Gasteiger charge is 2.25. The zero-order valence-electron chi connectivity index (χ0n) is 37.6. The lowest BCUT2D eigenvalue weighted by Crippen LogP contribution is -2.02. The Hall–Kier alpha value is -8.86. The smallest absolute Gasteiger partial charge is 0.145 e. The van der Waals surface area contributed by atoms with Crippen LogP contribution < -0.4 is 0 Å². The number of nitrogens with zero attached hydrogens (tertiary/aromatic N) is 4. The van der Waals surface area contributed by atoms with E-state index in [2.05, 4.69) is 241 Å². The van der Waals surface area contributed by atoms with E-state index in [1.165, 1.54) is 65.0 Å². The van der Waals surface area contributed by atoms with Gasteiger partial charge in [-0.05, 0) is 80.6 Å². The lowest BCUT2D eigenvalue weighted by molar-refractivity contribution is 1.10. The zero-order valence-corrected chi connectivity index (χ0v) is 37.6. The minimum absolute atomic E-state index is 0.908. The minimum Gasteiger partial charge on any atom is -0.291 e. The first kappa shape index (κ1) is 38.4. The summed E-state index contributed by atoms with van der Waals surface area (Å²) in [5.74, 6) is 1.82. The summed E-state index contributed by atoms with van der Waals surface area (Å²) in [6, 6.07) is 79.3. The Labute approximate surface area is 392 Å². The van der Waals surface area contributed by atoms with Crippen LogP contribution in [-0.4, -0.2) is 19.1 Å². The van der Waals surface area contributed by atoms with Gasteiger partial charge in [0.25, 0.3) is 0 Å². The number of benzene rings is 12. The van der Waals surface area contributed by atoms with Crippen molar-refractivity contribution in [2.24, 2.45) is 0 Å². The molecule has 0 fully saturated rings. The van der Waals surface area contributed by atoms with Gasteiger partial charge in [0.2, 0.25) is 0 Å². The van der Waals surface area contributed by atoms with Crippen LogP contribution in [0.15, 0.2) is 218 Å². The zero-order chi connectivity index (χ0) is 45.0. The Morgan fingerprint density at radius 1 is 0.279 bits per heavy atom. The van der Waals surface area contributed by atoms with Crippen molar-refractivity contribution < 1.29 is 0 Å². The van der Waals surface area contributed by atoms with Gasteiger partial charge in [-0.1, -0.05) is 206 Å². The van der Waals surface area contributed by atoms with Gasteiger partial charge in [0.1, 0.15) is 11.6 Å². The van der Waals surface area contributed by atoms with Gasteiger partial charge < -0.3 is 0 Å². The largest absolute Gasteiger partial charge is 0.291 e. The molecular weight excluding hydrogens is 825 g/mol. The molecule has 0 aliphatic carbocycles. The predicted molar refractivity (Wildman–Crippen MR) is 287 cm³/mol. The number of fused-ring (bicyclic) bond motifs is 14. The molecule has 0 aliphatic heterocycles. The lowest BCUT2D eigenvalue weighted by Gasteiger charge is -2.18. The Bertz CT molecular complexity index is 4130. The summed E-state index contributed by atoms with van der Waals surface area (Å²) in [4.78, 5) is 11.4. The first-order valence-corrected chi connectivity index (χ1v) is 23.4. The maximum absolute atomic E-state index is 5.69. The van der Waals surface area contributed by atoms with Crippen molar-refractivity contribution >= 4 is 86.7 Å². The number of hydrogen-bond donors (Lipinski definition) is 0. The average Bonchev–Trinajstić information content (AvgIpc) is 4.00. The standard InChI is InChI=1S/C64H42N4/c1-39-33-35-41-17-3-5-23-47(41)59(39)67-61-55-31-13-9-27-51(55)49-25-7-11-29-53(49)57(61)65-63(67)45-21-15-19-43(37-45)44-20-16-22-46(38-44)64-66-58-54-30-12-8-26-50(54)52-28-10-14-32-56(52)62(58)68(64)60-40(2)34-36-42-18-4-6-24-48(42)60/h3-38H,1-2H3. The van der Waals surface area contributed by atoms with Crippen molar-refractivity contribution in [1.29, 1.82) is 0 Å². The van der Waals surface area contributed by atoms with Crippen molar-refractivity contribution in [3.8, 4) is 45.3 Å². The van der Waals surface area contributed by atoms with E-state index >= 15 is 0 Å². The van der Waals surface area contributed by atoms with E-state index in [0.717, 1.165) is 78.1 Å². The second kappa shape index (κ2) is 14.8. The Balaban J connectivity index is 1.03. The summed E-state index contributed by atoms with van der Waals surface area (Å²) in [5.41, 5.74) is 13.2. The number of aryl methyl sites for hydroxylation is 2.